The number of nitrogens with one attached hydrogen (secondary N) is 1. The third-order valence-corrected chi connectivity index (χ3v) is 1.75. The first kappa shape index (κ1) is 15.3. The van der Waals surface area contributed by atoms with Gasteiger partial charge in [-0.2, -0.15) is 0 Å². The van der Waals surface area contributed by atoms with Crippen molar-refractivity contribution in [2.45, 2.75) is 20.0 Å². The number of rotatable bonds is 9. The molecule has 0 aliphatic carbocycles. The van der Waals surface area contributed by atoms with Crippen molar-refractivity contribution in [3.8, 4) is 0 Å². The molecule has 6 nitrogen and oxygen atoms in total. The van der Waals surface area contributed by atoms with Crippen LogP contribution in [0.15, 0.2) is 0 Å². The standard InChI is InChI=1S/C10H22N2O4/c1-8(2)6-15-4-5-16-9(7-14-3)10(13)12-11/h8-9H,4-7,11H2,1-3H3,(H,12,13). The molecular formula is C10H22N2O4. The highest BCUT2D eigenvalue weighted by atomic mass is 16.6. The van der Waals surface area contributed by atoms with E-state index in [0.717, 1.165) is 0 Å². The Bertz CT molecular complexity index is 188. The van der Waals surface area contributed by atoms with Gasteiger partial charge in [0.15, 0.2) is 6.10 Å². The lowest BCUT2D eigenvalue weighted by Crippen LogP contribution is -2.43. The van der Waals surface area contributed by atoms with Gasteiger partial charge in [-0.05, 0) is 5.92 Å². The van der Waals surface area contributed by atoms with Crippen LogP contribution in [0, 0.1) is 5.92 Å². The number of carbonyl (C=O) groups excluding carboxylic acids is 1. The second-order valence-electron chi connectivity index (χ2n) is 3.79. The highest BCUT2D eigenvalue weighted by Crippen LogP contribution is 1.95. The maximum Gasteiger partial charge on any atom is 0.265 e. The third kappa shape index (κ3) is 7.58. The molecule has 6 heteroatoms. The fraction of sp³-hybridized carbons (Fsp3) is 0.900. The highest BCUT2D eigenvalue weighted by Gasteiger charge is 2.17. The predicted octanol–water partition coefficient (Wildman–Crippen LogP) is -0.319. The molecule has 0 aliphatic heterocycles. The fourth-order valence-electron chi connectivity index (χ4n) is 1.01. The molecule has 0 aromatic carbocycles. The van der Waals surface area contributed by atoms with Gasteiger partial charge in [-0.25, -0.2) is 5.84 Å². The second-order valence-corrected chi connectivity index (χ2v) is 3.79. The van der Waals surface area contributed by atoms with E-state index in [0.29, 0.717) is 25.7 Å². The summed E-state index contributed by atoms with van der Waals surface area (Å²) in [5.41, 5.74) is 2.02. The van der Waals surface area contributed by atoms with Crippen LogP contribution in [0.2, 0.25) is 0 Å². The molecule has 0 heterocycles. The Morgan fingerprint density at radius 1 is 1.31 bits per heavy atom. The van der Waals surface area contributed by atoms with E-state index in [4.69, 9.17) is 20.1 Å². The van der Waals surface area contributed by atoms with Crippen LogP contribution in [0.25, 0.3) is 0 Å². The van der Waals surface area contributed by atoms with Gasteiger partial charge in [0.2, 0.25) is 0 Å². The zero-order chi connectivity index (χ0) is 12.4. The predicted molar refractivity (Wildman–Crippen MR) is 59.6 cm³/mol. The summed E-state index contributed by atoms with van der Waals surface area (Å²) in [6.45, 7) is 5.78. The summed E-state index contributed by atoms with van der Waals surface area (Å²) in [4.78, 5) is 11.2. The molecule has 0 bridgehead atoms. The van der Waals surface area contributed by atoms with Gasteiger partial charge >= 0.3 is 0 Å². The summed E-state index contributed by atoms with van der Waals surface area (Å²) in [6.07, 6.45) is -0.683. The Morgan fingerprint density at radius 2 is 2.00 bits per heavy atom. The van der Waals surface area contributed by atoms with Gasteiger partial charge in [0, 0.05) is 13.7 Å². The topological polar surface area (TPSA) is 82.8 Å². The molecule has 0 spiro atoms. The molecule has 0 saturated heterocycles. The van der Waals surface area contributed by atoms with Crippen molar-refractivity contribution in [1.82, 2.24) is 5.43 Å². The van der Waals surface area contributed by atoms with E-state index in [1.807, 2.05) is 5.43 Å². The van der Waals surface area contributed by atoms with Crippen molar-refractivity contribution < 1.29 is 19.0 Å². The first-order valence-electron chi connectivity index (χ1n) is 5.30. The normalized spacial score (nSPS) is 12.8. The number of carbonyl (C=O) groups is 1. The zero-order valence-electron chi connectivity index (χ0n) is 10.2. The van der Waals surface area contributed by atoms with Gasteiger partial charge in [0.05, 0.1) is 19.8 Å². The van der Waals surface area contributed by atoms with E-state index in [9.17, 15) is 4.79 Å². The minimum absolute atomic E-state index is 0.174. The van der Waals surface area contributed by atoms with Crippen molar-refractivity contribution in [2.24, 2.45) is 11.8 Å². The summed E-state index contributed by atoms with van der Waals surface area (Å²) in [7, 11) is 1.50. The largest absolute Gasteiger partial charge is 0.381 e. The fourth-order valence-corrected chi connectivity index (χ4v) is 1.01. The van der Waals surface area contributed by atoms with E-state index in [2.05, 4.69) is 13.8 Å². The number of nitrogens with two attached hydrogens (primary N) is 1. The van der Waals surface area contributed by atoms with Crippen LogP contribution in [-0.4, -0.2) is 45.5 Å². The average molecular weight is 234 g/mol. The monoisotopic (exact) mass is 234 g/mol. The van der Waals surface area contributed by atoms with Crippen molar-refractivity contribution >= 4 is 5.91 Å². The number of ether oxygens (including phenoxy) is 3. The molecule has 0 rings (SSSR count). The van der Waals surface area contributed by atoms with Crippen molar-refractivity contribution in [3.05, 3.63) is 0 Å². The van der Waals surface area contributed by atoms with E-state index >= 15 is 0 Å². The maximum atomic E-state index is 11.2. The summed E-state index contributed by atoms with van der Waals surface area (Å²) in [5, 5.41) is 0. The van der Waals surface area contributed by atoms with E-state index < -0.39 is 12.0 Å². The van der Waals surface area contributed by atoms with Gasteiger partial charge in [-0.1, -0.05) is 13.8 Å². The molecule has 0 fully saturated rings. The van der Waals surface area contributed by atoms with Crippen LogP contribution in [0.1, 0.15) is 13.8 Å². The molecule has 0 radical (unpaired) electrons. The first-order valence-corrected chi connectivity index (χ1v) is 5.30. The molecule has 3 N–H and O–H groups in total. The first-order chi connectivity index (χ1) is 7.61. The van der Waals surface area contributed by atoms with Crippen LogP contribution in [0.3, 0.4) is 0 Å². The number of hydrazine groups is 1. The van der Waals surface area contributed by atoms with Crippen LogP contribution in [0.5, 0.6) is 0 Å². The van der Waals surface area contributed by atoms with Gasteiger partial charge in [-0.3, -0.25) is 10.2 Å². The molecule has 0 aliphatic rings. The number of hydrogen-bond donors (Lipinski definition) is 2. The lowest BCUT2D eigenvalue weighted by molar-refractivity contribution is -0.137. The molecular weight excluding hydrogens is 212 g/mol. The lowest BCUT2D eigenvalue weighted by atomic mass is 10.2. The highest BCUT2D eigenvalue weighted by molar-refractivity contribution is 5.80. The molecule has 0 saturated carbocycles. The summed E-state index contributed by atoms with van der Waals surface area (Å²) in [5.74, 6) is 5.10. The molecule has 16 heavy (non-hydrogen) atoms. The number of methoxy groups -OCH3 is 1. The Balaban J connectivity index is 3.64. The van der Waals surface area contributed by atoms with E-state index in [1.54, 1.807) is 0 Å². The quantitative estimate of drug-likeness (QED) is 0.247. The van der Waals surface area contributed by atoms with Crippen LogP contribution in [-0.2, 0) is 19.0 Å². The number of hydrogen-bond acceptors (Lipinski definition) is 5. The van der Waals surface area contributed by atoms with Gasteiger partial charge < -0.3 is 14.2 Å². The molecule has 1 atom stereocenters. The molecule has 96 valence electrons. The van der Waals surface area contributed by atoms with Crippen molar-refractivity contribution in [1.29, 1.82) is 0 Å². The van der Waals surface area contributed by atoms with Gasteiger partial charge in [-0.15, -0.1) is 0 Å². The van der Waals surface area contributed by atoms with Gasteiger partial charge in [0.25, 0.3) is 5.91 Å². The summed E-state index contributed by atoms with van der Waals surface area (Å²) in [6, 6.07) is 0. The molecule has 1 amide bonds. The Kier molecular flexibility index (Phi) is 9.12. The smallest absolute Gasteiger partial charge is 0.265 e. The summed E-state index contributed by atoms with van der Waals surface area (Å²) >= 11 is 0. The van der Waals surface area contributed by atoms with Crippen LogP contribution >= 0.6 is 0 Å². The SMILES string of the molecule is COCC(OCCOCC(C)C)C(=O)NN. The van der Waals surface area contributed by atoms with E-state index in [-0.39, 0.29) is 6.61 Å². The molecule has 0 aromatic heterocycles. The van der Waals surface area contributed by atoms with Crippen LogP contribution < -0.4 is 11.3 Å². The van der Waals surface area contributed by atoms with Crippen molar-refractivity contribution in [2.75, 3.05) is 33.5 Å². The lowest BCUT2D eigenvalue weighted by Gasteiger charge is -2.15. The minimum Gasteiger partial charge on any atom is -0.381 e. The zero-order valence-corrected chi connectivity index (χ0v) is 10.2. The maximum absolute atomic E-state index is 11.2. The Hall–Kier alpha value is -0.690. The molecule has 1 unspecified atom stereocenters. The molecule has 0 aromatic rings. The van der Waals surface area contributed by atoms with E-state index in [1.165, 1.54) is 7.11 Å². The Labute approximate surface area is 96.4 Å². The summed E-state index contributed by atoms with van der Waals surface area (Å²) < 4.78 is 15.4. The average Bonchev–Trinajstić information content (AvgIpc) is 2.25. The second kappa shape index (κ2) is 9.53. The van der Waals surface area contributed by atoms with Crippen molar-refractivity contribution in [3.63, 3.8) is 0 Å². The van der Waals surface area contributed by atoms with Crippen LogP contribution in [0.4, 0.5) is 0 Å². The Morgan fingerprint density at radius 3 is 2.50 bits per heavy atom. The van der Waals surface area contributed by atoms with Gasteiger partial charge in [0.1, 0.15) is 0 Å². The minimum atomic E-state index is -0.683. The number of amides is 1. The third-order valence-electron chi connectivity index (χ3n) is 1.75.